The lowest BCUT2D eigenvalue weighted by Crippen LogP contribution is -2.20. The highest BCUT2D eigenvalue weighted by Crippen LogP contribution is 2.05. The van der Waals surface area contributed by atoms with Crippen LogP contribution in [0, 0.1) is 0 Å². The lowest BCUT2D eigenvalue weighted by Gasteiger charge is -2.07. The van der Waals surface area contributed by atoms with E-state index in [9.17, 15) is 4.79 Å². The average Bonchev–Trinajstić information content (AvgIpc) is 2.65. The molecule has 1 heterocycles. The van der Waals surface area contributed by atoms with Crippen molar-refractivity contribution in [3.05, 3.63) is 18.0 Å². The molecule has 4 nitrogen and oxygen atoms in total. The van der Waals surface area contributed by atoms with Gasteiger partial charge in [-0.15, -0.1) is 0 Å². The van der Waals surface area contributed by atoms with Crippen LogP contribution in [-0.4, -0.2) is 28.3 Å². The van der Waals surface area contributed by atoms with Gasteiger partial charge in [-0.05, 0) is 20.8 Å². The Balaban J connectivity index is 2.68. The van der Waals surface area contributed by atoms with E-state index in [-0.39, 0.29) is 11.9 Å². The maximum Gasteiger partial charge on any atom is 0.194 e. The van der Waals surface area contributed by atoms with Crippen molar-refractivity contribution < 1.29 is 9.53 Å². The van der Waals surface area contributed by atoms with Crippen molar-refractivity contribution in [2.45, 2.75) is 33.4 Å². The molecule has 0 spiro atoms. The zero-order valence-electron chi connectivity index (χ0n) is 8.86. The fraction of sp³-hybridized carbons (Fsp3) is 0.600. The van der Waals surface area contributed by atoms with Crippen LogP contribution in [0.3, 0.4) is 0 Å². The fourth-order valence-corrected chi connectivity index (χ4v) is 1.22. The van der Waals surface area contributed by atoms with Gasteiger partial charge in [0, 0.05) is 19.3 Å². The number of ether oxygens (including phenoxy) is 1. The Morgan fingerprint density at radius 1 is 1.64 bits per heavy atom. The first kappa shape index (κ1) is 10.9. The number of ketones is 1. The van der Waals surface area contributed by atoms with Crippen molar-refractivity contribution in [1.82, 2.24) is 9.78 Å². The second kappa shape index (κ2) is 4.91. The van der Waals surface area contributed by atoms with Crippen LogP contribution in [-0.2, 0) is 11.3 Å². The summed E-state index contributed by atoms with van der Waals surface area (Å²) in [7, 11) is 0. The molecule has 0 fully saturated rings. The largest absolute Gasteiger partial charge is 0.371 e. The van der Waals surface area contributed by atoms with Crippen molar-refractivity contribution in [3.63, 3.8) is 0 Å². The lowest BCUT2D eigenvalue weighted by molar-refractivity contribution is 0.0520. The topological polar surface area (TPSA) is 44.1 Å². The Bertz CT molecular complexity index is 307. The SMILES string of the molecule is CCOC(C)C(=O)c1cnn(CC)c1. The second-order valence-electron chi connectivity index (χ2n) is 3.05. The van der Waals surface area contributed by atoms with Crippen molar-refractivity contribution >= 4 is 5.78 Å². The third-order valence-electron chi connectivity index (χ3n) is 2.03. The van der Waals surface area contributed by atoms with Crippen molar-refractivity contribution in [1.29, 1.82) is 0 Å². The first-order valence-corrected chi connectivity index (χ1v) is 4.87. The molecule has 1 unspecified atom stereocenters. The molecule has 0 saturated heterocycles. The van der Waals surface area contributed by atoms with Gasteiger partial charge in [-0.3, -0.25) is 9.48 Å². The zero-order valence-corrected chi connectivity index (χ0v) is 8.86. The maximum absolute atomic E-state index is 11.7. The average molecular weight is 196 g/mol. The lowest BCUT2D eigenvalue weighted by atomic mass is 10.1. The molecule has 0 radical (unpaired) electrons. The smallest absolute Gasteiger partial charge is 0.194 e. The first-order valence-electron chi connectivity index (χ1n) is 4.87. The number of nitrogens with zero attached hydrogens (tertiary/aromatic N) is 2. The van der Waals surface area contributed by atoms with Gasteiger partial charge in [0.25, 0.3) is 0 Å². The van der Waals surface area contributed by atoms with Crippen LogP contribution in [0.2, 0.25) is 0 Å². The van der Waals surface area contributed by atoms with E-state index >= 15 is 0 Å². The van der Waals surface area contributed by atoms with E-state index in [0.29, 0.717) is 12.2 Å². The fourth-order valence-electron chi connectivity index (χ4n) is 1.22. The minimum Gasteiger partial charge on any atom is -0.371 e. The number of rotatable bonds is 5. The molecule has 78 valence electrons. The van der Waals surface area contributed by atoms with Crippen molar-refractivity contribution in [2.24, 2.45) is 0 Å². The van der Waals surface area contributed by atoms with E-state index < -0.39 is 0 Å². The molecule has 0 aliphatic carbocycles. The van der Waals surface area contributed by atoms with Gasteiger partial charge in [0.15, 0.2) is 5.78 Å². The summed E-state index contributed by atoms with van der Waals surface area (Å²) in [6, 6.07) is 0. The van der Waals surface area contributed by atoms with Gasteiger partial charge >= 0.3 is 0 Å². The van der Waals surface area contributed by atoms with Gasteiger partial charge in [0.2, 0.25) is 0 Å². The maximum atomic E-state index is 11.7. The summed E-state index contributed by atoms with van der Waals surface area (Å²) >= 11 is 0. The summed E-state index contributed by atoms with van der Waals surface area (Å²) in [5.74, 6) is -0.00782. The number of hydrogen-bond donors (Lipinski definition) is 0. The first-order chi connectivity index (χ1) is 6.69. The molecule has 1 aromatic heterocycles. The van der Waals surface area contributed by atoms with Crippen LogP contribution >= 0.6 is 0 Å². The minimum atomic E-state index is -0.380. The molecule has 1 aromatic rings. The predicted molar refractivity (Wildman–Crippen MR) is 53.3 cm³/mol. The van der Waals surface area contributed by atoms with Gasteiger partial charge < -0.3 is 4.74 Å². The minimum absolute atomic E-state index is 0.00782. The molecule has 0 aliphatic heterocycles. The quantitative estimate of drug-likeness (QED) is 0.670. The van der Waals surface area contributed by atoms with Crippen LogP contribution in [0.1, 0.15) is 31.1 Å². The summed E-state index contributed by atoms with van der Waals surface area (Å²) in [4.78, 5) is 11.7. The Labute approximate surface area is 83.9 Å². The van der Waals surface area contributed by atoms with E-state index in [2.05, 4.69) is 5.10 Å². The van der Waals surface area contributed by atoms with E-state index in [1.165, 1.54) is 0 Å². The third-order valence-corrected chi connectivity index (χ3v) is 2.03. The Morgan fingerprint density at radius 2 is 2.36 bits per heavy atom. The highest BCUT2D eigenvalue weighted by Gasteiger charge is 2.16. The number of carbonyl (C=O) groups is 1. The molecule has 1 rings (SSSR count). The molecule has 0 aromatic carbocycles. The summed E-state index contributed by atoms with van der Waals surface area (Å²) in [6.07, 6.45) is 2.95. The molecule has 0 N–H and O–H groups in total. The number of carbonyl (C=O) groups excluding carboxylic acids is 1. The van der Waals surface area contributed by atoms with Crippen molar-refractivity contribution in [3.8, 4) is 0 Å². The number of Topliss-reactive ketones (excluding diaryl/α,β-unsaturated/α-hetero) is 1. The Kier molecular flexibility index (Phi) is 3.83. The molecule has 0 bridgehead atoms. The molecular weight excluding hydrogens is 180 g/mol. The van der Waals surface area contributed by atoms with Crippen LogP contribution in [0.15, 0.2) is 12.4 Å². The van der Waals surface area contributed by atoms with Gasteiger partial charge in [-0.25, -0.2) is 0 Å². The molecule has 0 saturated carbocycles. The van der Waals surface area contributed by atoms with E-state index in [0.717, 1.165) is 6.54 Å². The summed E-state index contributed by atoms with van der Waals surface area (Å²) < 4.78 is 6.94. The summed E-state index contributed by atoms with van der Waals surface area (Å²) in [6.45, 7) is 6.94. The van der Waals surface area contributed by atoms with Gasteiger partial charge in [-0.2, -0.15) is 5.10 Å². The van der Waals surface area contributed by atoms with Gasteiger partial charge in [0.1, 0.15) is 6.10 Å². The molecule has 14 heavy (non-hydrogen) atoms. The highest BCUT2D eigenvalue weighted by atomic mass is 16.5. The standard InChI is InChI=1S/C10H16N2O2/c1-4-12-7-9(6-11-12)10(13)8(3)14-5-2/h6-8H,4-5H2,1-3H3. The van der Waals surface area contributed by atoms with E-state index in [4.69, 9.17) is 4.74 Å². The second-order valence-corrected chi connectivity index (χ2v) is 3.05. The number of aryl methyl sites for hydroxylation is 1. The normalized spacial score (nSPS) is 12.8. The van der Waals surface area contributed by atoms with E-state index in [1.807, 2.05) is 13.8 Å². The Hall–Kier alpha value is -1.16. The van der Waals surface area contributed by atoms with Crippen LogP contribution in [0.4, 0.5) is 0 Å². The predicted octanol–water partition coefficient (Wildman–Crippen LogP) is 1.51. The highest BCUT2D eigenvalue weighted by molar-refractivity contribution is 5.98. The summed E-state index contributed by atoms with van der Waals surface area (Å²) in [5, 5.41) is 4.04. The number of hydrogen-bond acceptors (Lipinski definition) is 3. The van der Waals surface area contributed by atoms with Gasteiger partial charge in [0.05, 0.1) is 11.8 Å². The summed E-state index contributed by atoms with van der Waals surface area (Å²) in [5.41, 5.74) is 0.618. The third kappa shape index (κ3) is 2.42. The molecule has 1 atom stereocenters. The van der Waals surface area contributed by atoms with Crippen molar-refractivity contribution in [2.75, 3.05) is 6.61 Å². The zero-order chi connectivity index (χ0) is 10.6. The molecule has 0 aliphatic rings. The number of aromatic nitrogens is 2. The van der Waals surface area contributed by atoms with E-state index in [1.54, 1.807) is 24.0 Å². The monoisotopic (exact) mass is 196 g/mol. The van der Waals surface area contributed by atoms with Crippen LogP contribution in [0.25, 0.3) is 0 Å². The van der Waals surface area contributed by atoms with Crippen LogP contribution < -0.4 is 0 Å². The molecule has 4 heteroatoms. The van der Waals surface area contributed by atoms with Gasteiger partial charge in [-0.1, -0.05) is 0 Å². The molecule has 0 amide bonds. The Morgan fingerprint density at radius 3 is 2.86 bits per heavy atom. The van der Waals surface area contributed by atoms with Crippen LogP contribution in [0.5, 0.6) is 0 Å². The molecular formula is C10H16N2O2.